The van der Waals surface area contributed by atoms with Crippen LogP contribution in [0.1, 0.15) is 5.56 Å². The molecule has 0 bridgehead atoms. The fourth-order valence-corrected chi connectivity index (χ4v) is 2.41. The number of nitrogens with one attached hydrogen (secondary N) is 1. The van der Waals surface area contributed by atoms with Crippen LogP contribution < -0.4 is 10.1 Å². The smallest absolute Gasteiger partial charge is 0.150 e. The van der Waals surface area contributed by atoms with Gasteiger partial charge in [-0.05, 0) is 36.8 Å². The highest BCUT2D eigenvalue weighted by Crippen LogP contribution is 2.33. The number of aliphatic hydroxyl groups is 1. The molecule has 116 valence electrons. The Morgan fingerprint density at radius 1 is 1.18 bits per heavy atom. The largest absolute Gasteiger partial charge is 0.455 e. The molecule has 2 aromatic carbocycles. The molecule has 2 N–H and O–H groups in total. The maximum absolute atomic E-state index is 9.52. The van der Waals surface area contributed by atoms with Gasteiger partial charge in [-0.2, -0.15) is 0 Å². The van der Waals surface area contributed by atoms with Crippen LogP contribution in [0.15, 0.2) is 48.5 Å². The summed E-state index contributed by atoms with van der Waals surface area (Å²) >= 11 is 0. The van der Waals surface area contributed by atoms with Crippen molar-refractivity contribution in [1.82, 2.24) is 0 Å². The van der Waals surface area contributed by atoms with E-state index in [2.05, 4.69) is 11.4 Å². The third-order valence-electron chi connectivity index (χ3n) is 3.91. The van der Waals surface area contributed by atoms with Crippen molar-refractivity contribution in [2.75, 3.05) is 31.7 Å². The second-order valence-corrected chi connectivity index (χ2v) is 5.92. The summed E-state index contributed by atoms with van der Waals surface area (Å²) in [5.41, 5.74) is 1.92. The minimum absolute atomic E-state index is 0.126. The first-order valence-electron chi connectivity index (χ1n) is 7.47. The molecule has 4 heteroatoms. The molecule has 1 fully saturated rings. The molecule has 0 atom stereocenters. The Labute approximate surface area is 130 Å². The molecular weight excluding hydrogens is 278 g/mol. The molecule has 0 aromatic heterocycles. The fourth-order valence-electron chi connectivity index (χ4n) is 2.41. The molecule has 0 aliphatic carbocycles. The number of hydrogen-bond acceptors (Lipinski definition) is 4. The van der Waals surface area contributed by atoms with Gasteiger partial charge in [-0.3, -0.25) is 0 Å². The molecule has 1 heterocycles. The van der Waals surface area contributed by atoms with Gasteiger partial charge in [0.1, 0.15) is 5.75 Å². The van der Waals surface area contributed by atoms with E-state index in [4.69, 9.17) is 9.47 Å². The minimum Gasteiger partial charge on any atom is -0.455 e. The van der Waals surface area contributed by atoms with Crippen LogP contribution in [0.25, 0.3) is 0 Å². The van der Waals surface area contributed by atoms with Crippen LogP contribution in [0, 0.1) is 12.3 Å². The van der Waals surface area contributed by atoms with Gasteiger partial charge in [-0.15, -0.1) is 0 Å². The summed E-state index contributed by atoms with van der Waals surface area (Å²) < 4.78 is 11.2. The summed E-state index contributed by atoms with van der Waals surface area (Å²) in [4.78, 5) is 0. The molecule has 3 rings (SSSR count). The van der Waals surface area contributed by atoms with Gasteiger partial charge in [0.2, 0.25) is 0 Å². The Balaban J connectivity index is 1.76. The second kappa shape index (κ2) is 6.38. The Hall–Kier alpha value is -2.04. The number of rotatable bonds is 6. The van der Waals surface area contributed by atoms with Crippen molar-refractivity contribution in [1.29, 1.82) is 0 Å². The van der Waals surface area contributed by atoms with E-state index in [1.54, 1.807) is 0 Å². The first-order valence-corrected chi connectivity index (χ1v) is 7.47. The summed E-state index contributed by atoms with van der Waals surface area (Å²) in [6, 6.07) is 15.8. The summed E-state index contributed by atoms with van der Waals surface area (Å²) in [5.74, 6) is 1.59. The van der Waals surface area contributed by atoms with Gasteiger partial charge in [0.05, 0.1) is 30.9 Å². The van der Waals surface area contributed by atoms with E-state index in [0.717, 1.165) is 22.7 Å². The topological polar surface area (TPSA) is 50.7 Å². The number of hydrogen-bond donors (Lipinski definition) is 2. The van der Waals surface area contributed by atoms with Crippen molar-refractivity contribution in [3.05, 3.63) is 54.1 Å². The number of benzene rings is 2. The summed E-state index contributed by atoms with van der Waals surface area (Å²) in [5, 5.41) is 12.9. The summed E-state index contributed by atoms with van der Waals surface area (Å²) in [7, 11) is 0. The molecule has 22 heavy (non-hydrogen) atoms. The van der Waals surface area contributed by atoms with Crippen molar-refractivity contribution in [2.45, 2.75) is 6.92 Å². The van der Waals surface area contributed by atoms with Crippen LogP contribution >= 0.6 is 0 Å². The lowest BCUT2D eigenvalue weighted by Crippen LogP contribution is -2.50. The predicted molar refractivity (Wildman–Crippen MR) is 86.5 cm³/mol. The van der Waals surface area contributed by atoms with E-state index in [1.165, 1.54) is 0 Å². The zero-order chi connectivity index (χ0) is 15.4. The van der Waals surface area contributed by atoms with E-state index in [0.29, 0.717) is 19.8 Å². The Morgan fingerprint density at radius 2 is 1.95 bits per heavy atom. The highest BCUT2D eigenvalue weighted by Gasteiger charge is 2.38. The maximum Gasteiger partial charge on any atom is 0.150 e. The first kappa shape index (κ1) is 14.9. The molecular formula is C18H21NO3. The molecule has 0 spiro atoms. The SMILES string of the molecule is Cc1ccc(Oc2ccccc2)c(NCC2(CO)COC2)c1. The molecule has 1 aliphatic heterocycles. The Kier molecular flexibility index (Phi) is 4.32. The van der Waals surface area contributed by atoms with Gasteiger partial charge >= 0.3 is 0 Å². The minimum atomic E-state index is -0.173. The lowest BCUT2D eigenvalue weighted by atomic mass is 9.87. The number of para-hydroxylation sites is 1. The molecule has 0 radical (unpaired) electrons. The van der Waals surface area contributed by atoms with Crippen molar-refractivity contribution < 1.29 is 14.6 Å². The van der Waals surface area contributed by atoms with Crippen LogP contribution in [0.5, 0.6) is 11.5 Å². The van der Waals surface area contributed by atoms with Gasteiger partial charge < -0.3 is 19.9 Å². The van der Waals surface area contributed by atoms with Crippen molar-refractivity contribution in [3.8, 4) is 11.5 Å². The Bertz CT molecular complexity index is 618. The molecule has 1 aliphatic rings. The van der Waals surface area contributed by atoms with Gasteiger partial charge in [0.15, 0.2) is 5.75 Å². The van der Waals surface area contributed by atoms with Crippen LogP contribution in [-0.4, -0.2) is 31.5 Å². The number of aliphatic hydroxyl groups excluding tert-OH is 1. The zero-order valence-electron chi connectivity index (χ0n) is 12.7. The van der Waals surface area contributed by atoms with Crippen LogP contribution in [0.3, 0.4) is 0 Å². The lowest BCUT2D eigenvalue weighted by molar-refractivity contribution is -0.128. The predicted octanol–water partition coefficient (Wildman–Crippen LogP) is 3.21. The third-order valence-corrected chi connectivity index (χ3v) is 3.91. The maximum atomic E-state index is 9.52. The number of anilines is 1. The van der Waals surface area contributed by atoms with Crippen molar-refractivity contribution in [3.63, 3.8) is 0 Å². The van der Waals surface area contributed by atoms with Crippen molar-refractivity contribution >= 4 is 5.69 Å². The molecule has 1 saturated heterocycles. The molecule has 2 aromatic rings. The van der Waals surface area contributed by atoms with E-state index < -0.39 is 0 Å². The highest BCUT2D eigenvalue weighted by molar-refractivity contribution is 5.59. The van der Waals surface area contributed by atoms with Crippen molar-refractivity contribution in [2.24, 2.45) is 5.41 Å². The van der Waals surface area contributed by atoms with Gasteiger partial charge in [0, 0.05) is 6.54 Å². The first-order chi connectivity index (χ1) is 10.7. The second-order valence-electron chi connectivity index (χ2n) is 5.92. The molecule has 4 nitrogen and oxygen atoms in total. The van der Waals surface area contributed by atoms with Crippen LogP contribution in [0.2, 0.25) is 0 Å². The van der Waals surface area contributed by atoms with E-state index >= 15 is 0 Å². The normalized spacial score (nSPS) is 15.9. The summed E-state index contributed by atoms with van der Waals surface area (Å²) in [6.07, 6.45) is 0. The number of aryl methyl sites for hydroxylation is 1. The van der Waals surface area contributed by atoms with E-state index in [-0.39, 0.29) is 12.0 Å². The fraction of sp³-hybridized carbons (Fsp3) is 0.333. The number of ether oxygens (including phenoxy) is 2. The van der Waals surface area contributed by atoms with E-state index in [9.17, 15) is 5.11 Å². The van der Waals surface area contributed by atoms with Gasteiger partial charge in [0.25, 0.3) is 0 Å². The average Bonchev–Trinajstić information content (AvgIpc) is 2.50. The van der Waals surface area contributed by atoms with Gasteiger partial charge in [-0.25, -0.2) is 0 Å². The molecule has 0 saturated carbocycles. The monoisotopic (exact) mass is 299 g/mol. The molecule has 0 amide bonds. The van der Waals surface area contributed by atoms with Crippen LogP contribution in [0.4, 0.5) is 5.69 Å². The quantitative estimate of drug-likeness (QED) is 0.860. The standard InChI is InChI=1S/C18H21NO3/c1-14-7-8-17(22-15-5-3-2-4-6-15)16(9-14)19-10-18(11-20)12-21-13-18/h2-9,19-20H,10-13H2,1H3. The highest BCUT2D eigenvalue weighted by atomic mass is 16.5. The van der Waals surface area contributed by atoms with Crippen LogP contribution in [-0.2, 0) is 4.74 Å². The lowest BCUT2D eigenvalue weighted by Gasteiger charge is -2.40. The average molecular weight is 299 g/mol. The summed E-state index contributed by atoms with van der Waals surface area (Å²) in [6.45, 7) is 4.03. The van der Waals surface area contributed by atoms with E-state index in [1.807, 2.05) is 49.4 Å². The zero-order valence-corrected chi connectivity index (χ0v) is 12.7. The van der Waals surface area contributed by atoms with Gasteiger partial charge in [-0.1, -0.05) is 24.3 Å². The molecule has 0 unspecified atom stereocenters. The third kappa shape index (κ3) is 3.24. The Morgan fingerprint density at radius 3 is 2.59 bits per heavy atom.